The number of para-hydroxylation sites is 2. The minimum Gasteiger partial charge on any atom is -0.371 e. The Morgan fingerprint density at radius 1 is 1.22 bits per heavy atom. The van der Waals surface area contributed by atoms with Crippen LogP contribution in [-0.2, 0) is 0 Å². The SMILES string of the molecule is CC(N)C(C)(C)CN1CCN(C)c2ccccc21. The molecule has 18 heavy (non-hydrogen) atoms. The second-order valence-electron chi connectivity index (χ2n) is 6.11. The molecule has 0 bridgehead atoms. The van der Waals surface area contributed by atoms with Gasteiger partial charge < -0.3 is 15.5 Å². The molecule has 0 aromatic heterocycles. The van der Waals surface area contributed by atoms with Crippen LogP contribution in [0.1, 0.15) is 20.8 Å². The molecule has 0 radical (unpaired) electrons. The van der Waals surface area contributed by atoms with Crippen LogP contribution in [0.4, 0.5) is 11.4 Å². The summed E-state index contributed by atoms with van der Waals surface area (Å²) in [6.45, 7) is 9.75. The van der Waals surface area contributed by atoms with Gasteiger partial charge in [-0.3, -0.25) is 0 Å². The Morgan fingerprint density at radius 2 is 1.83 bits per heavy atom. The molecule has 100 valence electrons. The molecular formula is C15H25N3. The van der Waals surface area contributed by atoms with Gasteiger partial charge in [-0.05, 0) is 24.5 Å². The lowest BCUT2D eigenvalue weighted by atomic mass is 9.85. The summed E-state index contributed by atoms with van der Waals surface area (Å²) in [5, 5.41) is 0. The van der Waals surface area contributed by atoms with Gasteiger partial charge in [-0.1, -0.05) is 26.0 Å². The van der Waals surface area contributed by atoms with Gasteiger partial charge in [0.2, 0.25) is 0 Å². The molecule has 0 saturated carbocycles. The van der Waals surface area contributed by atoms with E-state index < -0.39 is 0 Å². The molecule has 0 aliphatic carbocycles. The van der Waals surface area contributed by atoms with Crippen molar-refractivity contribution in [2.24, 2.45) is 11.1 Å². The third-order valence-corrected chi connectivity index (χ3v) is 4.17. The van der Waals surface area contributed by atoms with Crippen LogP contribution in [0, 0.1) is 5.41 Å². The van der Waals surface area contributed by atoms with Crippen molar-refractivity contribution in [1.29, 1.82) is 0 Å². The highest BCUT2D eigenvalue weighted by molar-refractivity contribution is 5.73. The lowest BCUT2D eigenvalue weighted by Crippen LogP contribution is -2.48. The van der Waals surface area contributed by atoms with Gasteiger partial charge in [0.25, 0.3) is 0 Å². The monoisotopic (exact) mass is 247 g/mol. The first kappa shape index (κ1) is 13.2. The molecule has 2 rings (SSSR count). The molecule has 1 aliphatic heterocycles. The highest BCUT2D eigenvalue weighted by Gasteiger charge is 2.29. The van der Waals surface area contributed by atoms with Gasteiger partial charge in [-0.15, -0.1) is 0 Å². The van der Waals surface area contributed by atoms with E-state index in [2.05, 4.69) is 61.9 Å². The predicted octanol–water partition coefficient (Wildman–Crippen LogP) is 2.32. The van der Waals surface area contributed by atoms with Crippen LogP contribution >= 0.6 is 0 Å². The first-order valence-corrected chi connectivity index (χ1v) is 6.72. The second kappa shape index (κ2) is 4.81. The van der Waals surface area contributed by atoms with Crippen LogP contribution < -0.4 is 15.5 Å². The van der Waals surface area contributed by atoms with Gasteiger partial charge in [0.15, 0.2) is 0 Å². The van der Waals surface area contributed by atoms with E-state index in [0.29, 0.717) is 0 Å². The maximum absolute atomic E-state index is 6.10. The predicted molar refractivity (Wildman–Crippen MR) is 79.4 cm³/mol. The first-order valence-electron chi connectivity index (χ1n) is 6.72. The van der Waals surface area contributed by atoms with Crippen molar-refractivity contribution >= 4 is 11.4 Å². The van der Waals surface area contributed by atoms with Crippen LogP contribution in [-0.4, -0.2) is 32.7 Å². The molecule has 1 atom stereocenters. The van der Waals surface area contributed by atoms with Crippen molar-refractivity contribution in [2.45, 2.75) is 26.8 Å². The van der Waals surface area contributed by atoms with Gasteiger partial charge in [0, 0.05) is 32.7 Å². The van der Waals surface area contributed by atoms with Crippen molar-refractivity contribution in [3.63, 3.8) is 0 Å². The number of hydrogen-bond acceptors (Lipinski definition) is 3. The van der Waals surface area contributed by atoms with E-state index in [1.165, 1.54) is 11.4 Å². The maximum Gasteiger partial charge on any atom is 0.0604 e. The zero-order valence-electron chi connectivity index (χ0n) is 12.0. The van der Waals surface area contributed by atoms with Crippen molar-refractivity contribution in [3.8, 4) is 0 Å². The zero-order chi connectivity index (χ0) is 13.3. The molecule has 1 aromatic rings. The van der Waals surface area contributed by atoms with Crippen LogP contribution in [0.15, 0.2) is 24.3 Å². The van der Waals surface area contributed by atoms with E-state index >= 15 is 0 Å². The summed E-state index contributed by atoms with van der Waals surface area (Å²) >= 11 is 0. The number of rotatable bonds is 3. The molecule has 2 N–H and O–H groups in total. The van der Waals surface area contributed by atoms with E-state index in [9.17, 15) is 0 Å². The number of fused-ring (bicyclic) bond motifs is 1. The summed E-state index contributed by atoms with van der Waals surface area (Å²) in [6, 6.07) is 8.83. The summed E-state index contributed by atoms with van der Waals surface area (Å²) in [4.78, 5) is 4.80. The minimum absolute atomic E-state index is 0.128. The third-order valence-electron chi connectivity index (χ3n) is 4.17. The molecule has 0 fully saturated rings. The van der Waals surface area contributed by atoms with Crippen LogP contribution in [0.5, 0.6) is 0 Å². The van der Waals surface area contributed by atoms with E-state index in [1.54, 1.807) is 0 Å². The topological polar surface area (TPSA) is 32.5 Å². The molecular weight excluding hydrogens is 222 g/mol. The van der Waals surface area contributed by atoms with E-state index in [1.807, 2.05) is 0 Å². The van der Waals surface area contributed by atoms with Crippen LogP contribution in [0.3, 0.4) is 0 Å². The van der Waals surface area contributed by atoms with Gasteiger partial charge in [0.1, 0.15) is 0 Å². The van der Waals surface area contributed by atoms with Crippen molar-refractivity contribution in [2.75, 3.05) is 36.5 Å². The van der Waals surface area contributed by atoms with Crippen LogP contribution in [0.25, 0.3) is 0 Å². The first-order chi connectivity index (χ1) is 8.42. The number of nitrogens with zero attached hydrogens (tertiary/aromatic N) is 2. The molecule has 0 spiro atoms. The standard InChI is InChI=1S/C15H25N3/c1-12(16)15(2,3)11-18-10-9-17(4)13-7-5-6-8-14(13)18/h5-8,12H,9-11,16H2,1-4H3. The smallest absolute Gasteiger partial charge is 0.0604 e. The second-order valence-corrected chi connectivity index (χ2v) is 6.11. The number of hydrogen-bond donors (Lipinski definition) is 1. The van der Waals surface area contributed by atoms with E-state index in [0.717, 1.165) is 19.6 Å². The Hall–Kier alpha value is -1.22. The number of likely N-dealkylation sites (N-methyl/N-ethyl adjacent to an activating group) is 1. The van der Waals surface area contributed by atoms with Gasteiger partial charge in [0.05, 0.1) is 11.4 Å². The van der Waals surface area contributed by atoms with Crippen molar-refractivity contribution in [1.82, 2.24) is 0 Å². The fourth-order valence-electron chi connectivity index (χ4n) is 2.37. The van der Waals surface area contributed by atoms with Gasteiger partial charge in [-0.2, -0.15) is 0 Å². The largest absolute Gasteiger partial charge is 0.371 e. The summed E-state index contributed by atoms with van der Waals surface area (Å²) in [5.74, 6) is 0. The van der Waals surface area contributed by atoms with E-state index in [-0.39, 0.29) is 11.5 Å². The molecule has 1 heterocycles. The number of nitrogens with two attached hydrogens (primary N) is 1. The summed E-state index contributed by atoms with van der Waals surface area (Å²) in [6.07, 6.45) is 0. The Kier molecular flexibility index (Phi) is 3.53. The summed E-state index contributed by atoms with van der Waals surface area (Å²) < 4.78 is 0. The van der Waals surface area contributed by atoms with Gasteiger partial charge in [-0.25, -0.2) is 0 Å². The molecule has 1 unspecified atom stereocenters. The normalized spacial score (nSPS) is 17.6. The quantitative estimate of drug-likeness (QED) is 0.889. The van der Waals surface area contributed by atoms with Gasteiger partial charge >= 0.3 is 0 Å². The Morgan fingerprint density at radius 3 is 2.44 bits per heavy atom. The van der Waals surface area contributed by atoms with Crippen molar-refractivity contribution < 1.29 is 0 Å². The molecule has 0 saturated heterocycles. The van der Waals surface area contributed by atoms with E-state index in [4.69, 9.17) is 5.73 Å². The average molecular weight is 247 g/mol. The van der Waals surface area contributed by atoms with Crippen molar-refractivity contribution in [3.05, 3.63) is 24.3 Å². The average Bonchev–Trinajstić information content (AvgIpc) is 2.33. The summed E-state index contributed by atoms with van der Waals surface area (Å²) in [5.41, 5.74) is 8.88. The highest BCUT2D eigenvalue weighted by Crippen LogP contribution is 2.34. The minimum atomic E-state index is 0.128. The number of benzene rings is 1. The Balaban J connectivity index is 2.24. The molecule has 0 amide bonds. The lowest BCUT2D eigenvalue weighted by Gasteiger charge is -2.42. The Labute approximate surface area is 111 Å². The molecule has 1 aromatic carbocycles. The fraction of sp³-hybridized carbons (Fsp3) is 0.600. The maximum atomic E-state index is 6.10. The number of anilines is 2. The molecule has 3 heteroatoms. The fourth-order valence-corrected chi connectivity index (χ4v) is 2.37. The van der Waals surface area contributed by atoms with Crippen LogP contribution in [0.2, 0.25) is 0 Å². The zero-order valence-corrected chi connectivity index (χ0v) is 12.0. The summed E-state index contributed by atoms with van der Waals surface area (Å²) in [7, 11) is 2.16. The lowest BCUT2D eigenvalue weighted by molar-refractivity contribution is 0.303. The Bertz CT molecular complexity index is 412. The molecule has 1 aliphatic rings. The molecule has 3 nitrogen and oxygen atoms in total. The highest BCUT2D eigenvalue weighted by atomic mass is 15.3. The third kappa shape index (κ3) is 2.46.